The van der Waals surface area contributed by atoms with Gasteiger partial charge in [0.1, 0.15) is 11.1 Å². The van der Waals surface area contributed by atoms with Gasteiger partial charge in [-0.25, -0.2) is 4.39 Å². The van der Waals surface area contributed by atoms with Crippen LogP contribution in [-0.4, -0.2) is 5.97 Å². The molecule has 9 heteroatoms. The van der Waals surface area contributed by atoms with Gasteiger partial charge in [0.05, 0.1) is 26.0 Å². The van der Waals surface area contributed by atoms with Crippen LogP contribution in [0.15, 0.2) is 10.6 Å². The number of rotatable bonds is 4. The zero-order chi connectivity index (χ0) is 19.1. The second-order valence-corrected chi connectivity index (χ2v) is 8.85. The first kappa shape index (κ1) is 21.4. The van der Waals surface area contributed by atoms with E-state index in [2.05, 4.69) is 0 Å². The van der Waals surface area contributed by atoms with E-state index in [1.807, 2.05) is 13.8 Å². The molecular formula is C16H13Cl6FO2. The molecule has 1 fully saturated rings. The largest absolute Gasteiger partial charge is 0.460 e. The summed E-state index contributed by atoms with van der Waals surface area (Å²) in [6.45, 7) is 3.52. The van der Waals surface area contributed by atoms with Crippen molar-refractivity contribution in [3.8, 4) is 0 Å². The van der Waals surface area contributed by atoms with Crippen molar-refractivity contribution in [1.82, 2.24) is 0 Å². The van der Waals surface area contributed by atoms with Crippen molar-refractivity contribution in [2.75, 3.05) is 0 Å². The van der Waals surface area contributed by atoms with Crippen LogP contribution in [0.2, 0.25) is 20.1 Å². The zero-order valence-corrected chi connectivity index (χ0v) is 17.6. The van der Waals surface area contributed by atoms with Crippen molar-refractivity contribution in [3.63, 3.8) is 0 Å². The molecule has 1 saturated carbocycles. The lowest BCUT2D eigenvalue weighted by Crippen LogP contribution is -2.48. The van der Waals surface area contributed by atoms with E-state index in [9.17, 15) is 9.18 Å². The summed E-state index contributed by atoms with van der Waals surface area (Å²) in [7, 11) is 0. The van der Waals surface area contributed by atoms with E-state index >= 15 is 0 Å². The summed E-state index contributed by atoms with van der Waals surface area (Å²) in [6, 6.07) is 0. The van der Waals surface area contributed by atoms with E-state index in [1.165, 1.54) is 0 Å². The van der Waals surface area contributed by atoms with Gasteiger partial charge < -0.3 is 4.74 Å². The van der Waals surface area contributed by atoms with Crippen LogP contribution in [0.1, 0.15) is 25.8 Å². The van der Waals surface area contributed by atoms with Gasteiger partial charge in [0.2, 0.25) is 0 Å². The third kappa shape index (κ3) is 4.17. The molecule has 0 aliphatic heterocycles. The summed E-state index contributed by atoms with van der Waals surface area (Å²) in [5, 5.41) is -0.926. The number of hydrogen-bond acceptors (Lipinski definition) is 2. The molecule has 0 aromatic heterocycles. The minimum Gasteiger partial charge on any atom is -0.460 e. The third-order valence-electron chi connectivity index (χ3n) is 4.61. The molecule has 0 heterocycles. The highest BCUT2D eigenvalue weighted by molar-refractivity contribution is 6.55. The van der Waals surface area contributed by atoms with Gasteiger partial charge in [-0.1, -0.05) is 89.5 Å². The smallest absolute Gasteiger partial charge is 0.309 e. The fourth-order valence-electron chi connectivity index (χ4n) is 2.82. The molecule has 1 aliphatic rings. The van der Waals surface area contributed by atoms with Gasteiger partial charge in [0.25, 0.3) is 0 Å². The van der Waals surface area contributed by atoms with Gasteiger partial charge in [-0.05, 0) is 17.8 Å². The van der Waals surface area contributed by atoms with E-state index in [0.29, 0.717) is 6.42 Å². The fraction of sp³-hybridized carbons (Fsp3) is 0.438. The Hall–Kier alpha value is 0.1000. The quantitative estimate of drug-likeness (QED) is 0.260. The Bertz CT molecular complexity index is 714. The van der Waals surface area contributed by atoms with Crippen molar-refractivity contribution in [1.29, 1.82) is 0 Å². The van der Waals surface area contributed by atoms with E-state index in [1.54, 1.807) is 6.08 Å². The van der Waals surface area contributed by atoms with Crippen molar-refractivity contribution >= 4 is 75.6 Å². The maximum absolute atomic E-state index is 13.9. The van der Waals surface area contributed by atoms with Crippen molar-refractivity contribution in [3.05, 3.63) is 42.0 Å². The van der Waals surface area contributed by atoms with E-state index < -0.39 is 11.8 Å². The highest BCUT2D eigenvalue weighted by Gasteiger charge is 2.51. The molecular weight excluding hydrogens is 456 g/mol. The number of halogens is 7. The number of hydrogen-bond donors (Lipinski definition) is 0. The highest BCUT2D eigenvalue weighted by Crippen LogP contribution is 2.53. The molecule has 2 unspecified atom stereocenters. The molecule has 0 N–H and O–H groups in total. The van der Waals surface area contributed by atoms with Crippen LogP contribution in [0.4, 0.5) is 4.39 Å². The molecule has 0 amide bonds. The predicted octanol–water partition coefficient (Wildman–Crippen LogP) is 7.46. The normalized spacial score (nSPS) is 21.5. The highest BCUT2D eigenvalue weighted by atomic mass is 35.5. The molecule has 25 heavy (non-hydrogen) atoms. The van der Waals surface area contributed by atoms with E-state index in [0.717, 1.165) is 0 Å². The van der Waals surface area contributed by atoms with Crippen LogP contribution in [-0.2, 0) is 16.1 Å². The number of ether oxygens (including phenoxy) is 1. The molecule has 0 bridgehead atoms. The third-order valence-corrected chi connectivity index (χ3v) is 6.60. The van der Waals surface area contributed by atoms with Crippen molar-refractivity contribution in [2.24, 2.45) is 17.3 Å². The van der Waals surface area contributed by atoms with Crippen LogP contribution in [0.25, 0.3) is 0 Å². The Labute approximate surface area is 175 Å². The Kier molecular flexibility index (Phi) is 6.85. The predicted molar refractivity (Wildman–Crippen MR) is 101 cm³/mol. The van der Waals surface area contributed by atoms with Crippen LogP contribution >= 0.6 is 69.6 Å². The molecule has 0 spiro atoms. The first-order valence-electron chi connectivity index (χ1n) is 7.18. The van der Waals surface area contributed by atoms with Gasteiger partial charge >= 0.3 is 5.97 Å². The first-order valence-corrected chi connectivity index (χ1v) is 9.45. The van der Waals surface area contributed by atoms with Gasteiger partial charge in [-0.15, -0.1) is 0 Å². The SMILES string of the molecule is CC1(C)C(C=C(Cl)Cl)CC1C(=O)OCc1c(Cl)c(F)c(Cl)c(Cl)c1Cl. The topological polar surface area (TPSA) is 26.3 Å². The van der Waals surface area contributed by atoms with Gasteiger partial charge in [0.15, 0.2) is 5.82 Å². The lowest BCUT2D eigenvalue weighted by Gasteiger charge is -2.49. The summed E-state index contributed by atoms with van der Waals surface area (Å²) in [6.07, 6.45) is 2.25. The molecule has 138 valence electrons. The Morgan fingerprint density at radius 1 is 1.16 bits per heavy atom. The van der Waals surface area contributed by atoms with E-state index in [4.69, 9.17) is 74.3 Å². The molecule has 2 atom stereocenters. The minimum atomic E-state index is -0.908. The van der Waals surface area contributed by atoms with Crippen molar-refractivity contribution in [2.45, 2.75) is 26.9 Å². The number of carbonyl (C=O) groups excluding carboxylic acids is 1. The molecule has 0 radical (unpaired) electrons. The summed E-state index contributed by atoms with van der Waals surface area (Å²) >= 11 is 34.8. The molecule has 1 aromatic carbocycles. The maximum atomic E-state index is 13.9. The van der Waals surface area contributed by atoms with Crippen LogP contribution in [0.5, 0.6) is 0 Å². The molecule has 2 nitrogen and oxygen atoms in total. The Morgan fingerprint density at radius 2 is 1.76 bits per heavy atom. The monoisotopic (exact) mass is 466 g/mol. The standard InChI is InChI=1S/C16H13Cl6FO2/c1-16(2)6(4-9(17)18)3-8(16)15(24)25-5-7-10(19)12(21)13(22)14(23)11(7)20/h4,6,8H,3,5H2,1-2H3. The number of esters is 1. The average molecular weight is 469 g/mol. The molecule has 1 aliphatic carbocycles. The van der Waals surface area contributed by atoms with E-state index in [-0.39, 0.29) is 54.0 Å². The Balaban J connectivity index is 2.11. The summed E-state index contributed by atoms with van der Waals surface area (Å²) in [4.78, 5) is 12.4. The summed E-state index contributed by atoms with van der Waals surface area (Å²) in [5.74, 6) is -1.65. The van der Waals surface area contributed by atoms with Crippen LogP contribution < -0.4 is 0 Å². The minimum absolute atomic E-state index is 0.0477. The summed E-state index contributed by atoms with van der Waals surface area (Å²) in [5.41, 5.74) is -0.302. The number of benzene rings is 1. The second-order valence-electron chi connectivity index (χ2n) is 6.33. The zero-order valence-electron chi connectivity index (χ0n) is 13.1. The average Bonchev–Trinajstić information content (AvgIpc) is 2.54. The van der Waals surface area contributed by atoms with Crippen LogP contribution in [0, 0.1) is 23.1 Å². The lowest BCUT2D eigenvalue weighted by molar-refractivity contribution is -0.164. The Morgan fingerprint density at radius 3 is 2.28 bits per heavy atom. The first-order chi connectivity index (χ1) is 11.5. The number of allylic oxidation sites excluding steroid dienone is 1. The molecule has 0 saturated heterocycles. The second kappa shape index (κ2) is 8.00. The lowest BCUT2D eigenvalue weighted by atomic mass is 9.55. The number of carbonyl (C=O) groups is 1. The van der Waals surface area contributed by atoms with Gasteiger partial charge in [0, 0.05) is 5.56 Å². The van der Waals surface area contributed by atoms with Gasteiger partial charge in [-0.2, -0.15) is 0 Å². The van der Waals surface area contributed by atoms with Crippen molar-refractivity contribution < 1.29 is 13.9 Å². The maximum Gasteiger partial charge on any atom is 0.309 e. The fourth-order valence-corrected chi connectivity index (χ4v) is 4.14. The van der Waals surface area contributed by atoms with Crippen LogP contribution in [0.3, 0.4) is 0 Å². The molecule has 1 aromatic rings. The molecule has 2 rings (SSSR count). The van der Waals surface area contributed by atoms with Gasteiger partial charge in [-0.3, -0.25) is 4.79 Å². The summed E-state index contributed by atoms with van der Waals surface area (Å²) < 4.78 is 19.3.